The van der Waals surface area contributed by atoms with Gasteiger partial charge in [0.25, 0.3) is 5.91 Å². The quantitative estimate of drug-likeness (QED) is 0.187. The molecule has 0 spiro atoms. The Balaban J connectivity index is 1.17. The van der Waals surface area contributed by atoms with E-state index >= 15 is 0 Å². The van der Waals surface area contributed by atoms with Crippen molar-refractivity contribution in [1.82, 2.24) is 25.3 Å². The first-order valence-electron chi connectivity index (χ1n) is 14.7. The number of nitrogens with zero attached hydrogens (tertiary/aromatic N) is 4. The summed E-state index contributed by atoms with van der Waals surface area (Å²) in [5, 5.41) is 12.9. The Hall–Kier alpha value is -3.83. The lowest BCUT2D eigenvalue weighted by Gasteiger charge is -2.21. The van der Waals surface area contributed by atoms with E-state index < -0.39 is 0 Å². The second-order valence-corrected chi connectivity index (χ2v) is 9.94. The molecule has 0 bridgehead atoms. The summed E-state index contributed by atoms with van der Waals surface area (Å²) >= 11 is 0. The Morgan fingerprint density at radius 2 is 1.39 bits per heavy atom. The number of rotatable bonds is 16. The molecule has 220 valence electrons. The number of carbonyl (C=O) groups is 1. The first-order valence-corrected chi connectivity index (χ1v) is 14.7. The number of nitrogens with one attached hydrogen (secondary N) is 4. The number of ether oxygens (including phenoxy) is 2. The van der Waals surface area contributed by atoms with Gasteiger partial charge in [-0.1, -0.05) is 56.4 Å². The van der Waals surface area contributed by atoms with Crippen LogP contribution in [0.25, 0.3) is 0 Å². The summed E-state index contributed by atoms with van der Waals surface area (Å²) in [6, 6.07) is 15.3. The van der Waals surface area contributed by atoms with Crippen LogP contribution in [0.4, 0.5) is 17.8 Å². The maximum Gasteiger partial charge on any atom is 0.251 e. The van der Waals surface area contributed by atoms with Gasteiger partial charge in [-0.2, -0.15) is 15.0 Å². The number of amides is 1. The van der Waals surface area contributed by atoms with Crippen LogP contribution in [0.2, 0.25) is 0 Å². The number of pyridine rings is 1. The summed E-state index contributed by atoms with van der Waals surface area (Å²) < 4.78 is 11.2. The van der Waals surface area contributed by atoms with Crippen molar-refractivity contribution >= 4 is 23.8 Å². The smallest absolute Gasteiger partial charge is 0.251 e. The fourth-order valence-electron chi connectivity index (χ4n) is 4.54. The zero-order chi connectivity index (χ0) is 28.4. The summed E-state index contributed by atoms with van der Waals surface area (Å²) in [5.74, 6) is 1.46. The van der Waals surface area contributed by atoms with Crippen LogP contribution in [0.5, 0.6) is 0 Å². The SMILES string of the molecule is O=C(NCCOCCOCCNc1nc(NCc2ccccn2)nc(NC2CCCCCCC2)n1)c1ccccc1. The molecule has 11 nitrogen and oxygen atoms in total. The standard InChI is InChI=1S/C30H42N8O3/c39-27(24-11-5-4-6-12-24)32-17-19-40-21-22-41-20-18-33-28-36-29(34-23-26-15-9-10-16-31-26)38-30(37-28)35-25-13-7-2-1-3-8-14-25/h4-6,9-12,15-16,25H,1-3,7-8,13-14,17-23H2,(H,32,39)(H3,33,34,35,36,37,38). The summed E-state index contributed by atoms with van der Waals surface area (Å²) in [6.07, 6.45) is 10.4. The second-order valence-electron chi connectivity index (χ2n) is 9.94. The van der Waals surface area contributed by atoms with E-state index in [9.17, 15) is 4.79 Å². The highest BCUT2D eigenvalue weighted by atomic mass is 16.5. The predicted molar refractivity (Wildman–Crippen MR) is 160 cm³/mol. The zero-order valence-electron chi connectivity index (χ0n) is 23.7. The van der Waals surface area contributed by atoms with Crippen LogP contribution in [0.15, 0.2) is 54.7 Å². The van der Waals surface area contributed by atoms with E-state index in [4.69, 9.17) is 9.47 Å². The van der Waals surface area contributed by atoms with Gasteiger partial charge >= 0.3 is 0 Å². The van der Waals surface area contributed by atoms with Crippen molar-refractivity contribution in [3.63, 3.8) is 0 Å². The molecule has 1 aliphatic carbocycles. The van der Waals surface area contributed by atoms with E-state index in [0.717, 1.165) is 18.5 Å². The van der Waals surface area contributed by atoms with Crippen LogP contribution < -0.4 is 21.3 Å². The number of aromatic nitrogens is 4. The molecule has 1 amide bonds. The number of carbonyl (C=O) groups excluding carboxylic acids is 1. The van der Waals surface area contributed by atoms with E-state index in [2.05, 4.69) is 41.2 Å². The lowest BCUT2D eigenvalue weighted by atomic mass is 9.97. The van der Waals surface area contributed by atoms with Crippen molar-refractivity contribution in [2.24, 2.45) is 0 Å². The number of anilines is 3. The van der Waals surface area contributed by atoms with E-state index in [0.29, 0.717) is 75.5 Å². The molecule has 3 aromatic rings. The molecule has 0 radical (unpaired) electrons. The molecule has 0 saturated heterocycles. The van der Waals surface area contributed by atoms with Gasteiger partial charge < -0.3 is 30.7 Å². The van der Waals surface area contributed by atoms with Gasteiger partial charge in [-0.05, 0) is 37.1 Å². The van der Waals surface area contributed by atoms with Crippen LogP contribution in [-0.2, 0) is 16.0 Å². The topological polar surface area (TPSA) is 135 Å². The highest BCUT2D eigenvalue weighted by Gasteiger charge is 2.14. The van der Waals surface area contributed by atoms with Crippen LogP contribution >= 0.6 is 0 Å². The maximum absolute atomic E-state index is 12.0. The van der Waals surface area contributed by atoms with Crippen LogP contribution in [0.3, 0.4) is 0 Å². The highest BCUT2D eigenvalue weighted by molar-refractivity contribution is 5.94. The first kappa shape index (κ1) is 30.1. The summed E-state index contributed by atoms with van der Waals surface area (Å²) in [4.78, 5) is 30.2. The van der Waals surface area contributed by atoms with Gasteiger partial charge in [0, 0.05) is 30.9 Å². The van der Waals surface area contributed by atoms with Crippen LogP contribution in [-0.4, -0.2) is 71.4 Å². The van der Waals surface area contributed by atoms with E-state index in [1.165, 1.54) is 32.1 Å². The normalized spacial score (nSPS) is 14.0. The lowest BCUT2D eigenvalue weighted by molar-refractivity contribution is 0.0519. The summed E-state index contributed by atoms with van der Waals surface area (Å²) in [6.45, 7) is 3.31. The molecule has 0 atom stereocenters. The van der Waals surface area contributed by atoms with E-state index in [1.807, 2.05) is 36.4 Å². The van der Waals surface area contributed by atoms with Gasteiger partial charge in [-0.15, -0.1) is 0 Å². The molecule has 1 fully saturated rings. The summed E-state index contributed by atoms with van der Waals surface area (Å²) in [7, 11) is 0. The van der Waals surface area contributed by atoms with Gasteiger partial charge in [-0.25, -0.2) is 0 Å². The Morgan fingerprint density at radius 3 is 2.12 bits per heavy atom. The minimum absolute atomic E-state index is 0.104. The molecule has 4 rings (SSSR count). The first-order chi connectivity index (χ1) is 20.3. The Morgan fingerprint density at radius 1 is 0.732 bits per heavy atom. The van der Waals surface area contributed by atoms with Crippen molar-refractivity contribution in [3.8, 4) is 0 Å². The minimum Gasteiger partial charge on any atom is -0.377 e. The molecule has 41 heavy (non-hydrogen) atoms. The molecule has 0 unspecified atom stereocenters. The van der Waals surface area contributed by atoms with Crippen molar-refractivity contribution in [3.05, 3.63) is 66.0 Å². The third kappa shape index (κ3) is 11.7. The van der Waals surface area contributed by atoms with Gasteiger partial charge in [-0.3, -0.25) is 9.78 Å². The van der Waals surface area contributed by atoms with E-state index in [-0.39, 0.29) is 5.91 Å². The molecule has 1 aliphatic rings. The largest absolute Gasteiger partial charge is 0.377 e. The van der Waals surface area contributed by atoms with Gasteiger partial charge in [0.05, 0.1) is 38.7 Å². The Bertz CT molecular complexity index is 1140. The van der Waals surface area contributed by atoms with Crippen molar-refractivity contribution < 1.29 is 14.3 Å². The third-order valence-corrected chi connectivity index (χ3v) is 6.70. The van der Waals surface area contributed by atoms with Crippen LogP contribution in [0.1, 0.15) is 61.0 Å². The van der Waals surface area contributed by atoms with Gasteiger partial charge in [0.15, 0.2) is 0 Å². The Labute approximate surface area is 242 Å². The molecule has 4 N–H and O–H groups in total. The van der Waals surface area contributed by atoms with Crippen molar-refractivity contribution in [1.29, 1.82) is 0 Å². The minimum atomic E-state index is -0.104. The average Bonchev–Trinajstić information content (AvgIpc) is 2.99. The number of hydrogen-bond donors (Lipinski definition) is 4. The van der Waals surface area contributed by atoms with E-state index in [1.54, 1.807) is 18.3 Å². The number of hydrogen-bond acceptors (Lipinski definition) is 10. The molecule has 2 aromatic heterocycles. The maximum atomic E-state index is 12.0. The highest BCUT2D eigenvalue weighted by Crippen LogP contribution is 2.20. The van der Waals surface area contributed by atoms with Crippen molar-refractivity contribution in [2.75, 3.05) is 55.5 Å². The second kappa shape index (κ2) is 17.8. The third-order valence-electron chi connectivity index (χ3n) is 6.70. The zero-order valence-corrected chi connectivity index (χ0v) is 23.7. The Kier molecular flexibility index (Phi) is 13.1. The summed E-state index contributed by atoms with van der Waals surface area (Å²) in [5.41, 5.74) is 1.55. The van der Waals surface area contributed by atoms with Gasteiger partial charge in [0.1, 0.15) is 0 Å². The molecule has 11 heteroatoms. The molecular weight excluding hydrogens is 520 g/mol. The van der Waals surface area contributed by atoms with Crippen LogP contribution in [0, 0.1) is 0 Å². The van der Waals surface area contributed by atoms with Crippen molar-refractivity contribution in [2.45, 2.75) is 57.5 Å². The number of benzene rings is 1. The predicted octanol–water partition coefficient (Wildman–Crippen LogP) is 4.28. The molecular formula is C30H42N8O3. The van der Waals surface area contributed by atoms with Gasteiger partial charge in [0.2, 0.25) is 17.8 Å². The molecule has 0 aliphatic heterocycles. The molecule has 2 heterocycles. The molecule has 1 saturated carbocycles. The fourth-order valence-corrected chi connectivity index (χ4v) is 4.54. The fraction of sp³-hybridized carbons (Fsp3) is 0.500. The average molecular weight is 563 g/mol. The monoisotopic (exact) mass is 562 g/mol. The lowest BCUT2D eigenvalue weighted by Crippen LogP contribution is -2.27. The molecule has 1 aromatic carbocycles.